The minimum Gasteiger partial charge on any atom is -0.351 e. The van der Waals surface area contributed by atoms with Crippen molar-refractivity contribution in [2.75, 3.05) is 6.54 Å². The standard InChI is InChI=1S/C14H20N2OS/c1-4-5-6-15-14(17)12-7-11-8-16(10(2)3)9-13(11)18-12/h7-10H,4-6H2,1-3H3,(H,15,17). The molecule has 0 unspecified atom stereocenters. The Morgan fingerprint density at radius 3 is 2.83 bits per heavy atom. The number of amides is 1. The number of carbonyl (C=O) groups is 1. The second-order valence-corrected chi connectivity index (χ2v) is 5.92. The van der Waals surface area contributed by atoms with E-state index in [4.69, 9.17) is 0 Å². The van der Waals surface area contributed by atoms with Crippen molar-refractivity contribution in [3.63, 3.8) is 0 Å². The lowest BCUT2D eigenvalue weighted by Crippen LogP contribution is -2.23. The highest BCUT2D eigenvalue weighted by atomic mass is 32.1. The fraction of sp³-hybridized carbons (Fsp3) is 0.500. The van der Waals surface area contributed by atoms with E-state index in [0.29, 0.717) is 6.04 Å². The average molecular weight is 264 g/mol. The zero-order valence-corrected chi connectivity index (χ0v) is 12.0. The van der Waals surface area contributed by atoms with Crippen LogP contribution in [0.1, 0.15) is 49.3 Å². The molecule has 2 aromatic heterocycles. The lowest BCUT2D eigenvalue weighted by Gasteiger charge is -2.05. The molecule has 3 nitrogen and oxygen atoms in total. The van der Waals surface area contributed by atoms with Crippen LogP contribution in [0.5, 0.6) is 0 Å². The third-order valence-corrected chi connectivity index (χ3v) is 4.07. The van der Waals surface area contributed by atoms with Gasteiger partial charge in [0.1, 0.15) is 0 Å². The molecular formula is C14H20N2OS. The van der Waals surface area contributed by atoms with Gasteiger partial charge in [-0.25, -0.2) is 0 Å². The fourth-order valence-corrected chi connectivity index (χ4v) is 2.82. The van der Waals surface area contributed by atoms with Crippen molar-refractivity contribution in [1.82, 2.24) is 9.88 Å². The van der Waals surface area contributed by atoms with E-state index in [9.17, 15) is 4.79 Å². The highest BCUT2D eigenvalue weighted by molar-refractivity contribution is 7.20. The normalized spacial score (nSPS) is 11.3. The van der Waals surface area contributed by atoms with Crippen LogP contribution in [0.3, 0.4) is 0 Å². The van der Waals surface area contributed by atoms with Crippen LogP contribution in [0.15, 0.2) is 18.5 Å². The first-order chi connectivity index (χ1) is 8.61. The zero-order valence-electron chi connectivity index (χ0n) is 11.2. The number of thiophene rings is 1. The van der Waals surface area contributed by atoms with E-state index in [1.54, 1.807) is 11.3 Å². The molecule has 0 fully saturated rings. The van der Waals surface area contributed by atoms with Crippen molar-refractivity contribution in [2.45, 2.75) is 39.7 Å². The Balaban J connectivity index is 2.10. The van der Waals surface area contributed by atoms with E-state index in [1.165, 1.54) is 4.70 Å². The smallest absolute Gasteiger partial charge is 0.261 e. The van der Waals surface area contributed by atoms with E-state index in [0.717, 1.165) is 29.6 Å². The minimum atomic E-state index is 0.0562. The number of carbonyl (C=O) groups excluding carboxylic acids is 1. The number of unbranched alkanes of at least 4 members (excludes halogenated alkanes) is 1. The lowest BCUT2D eigenvalue weighted by molar-refractivity contribution is 0.0957. The first-order valence-electron chi connectivity index (χ1n) is 6.51. The molecule has 98 valence electrons. The molecule has 0 saturated heterocycles. The highest BCUT2D eigenvalue weighted by Gasteiger charge is 2.11. The van der Waals surface area contributed by atoms with Gasteiger partial charge in [-0.2, -0.15) is 0 Å². The second kappa shape index (κ2) is 5.57. The predicted octanol–water partition coefficient (Wildman–Crippen LogP) is 3.81. The van der Waals surface area contributed by atoms with Crippen molar-refractivity contribution in [3.05, 3.63) is 23.3 Å². The van der Waals surface area contributed by atoms with Crippen LogP contribution in [-0.4, -0.2) is 17.0 Å². The third-order valence-electron chi connectivity index (χ3n) is 2.98. The molecule has 4 heteroatoms. The molecule has 0 aliphatic carbocycles. The van der Waals surface area contributed by atoms with Gasteiger partial charge in [0.2, 0.25) is 0 Å². The maximum Gasteiger partial charge on any atom is 0.261 e. The number of rotatable bonds is 5. The highest BCUT2D eigenvalue weighted by Crippen LogP contribution is 2.27. The summed E-state index contributed by atoms with van der Waals surface area (Å²) in [5.74, 6) is 0.0562. The van der Waals surface area contributed by atoms with Gasteiger partial charge in [0.25, 0.3) is 5.91 Å². The van der Waals surface area contributed by atoms with Crippen molar-refractivity contribution < 1.29 is 4.79 Å². The largest absolute Gasteiger partial charge is 0.351 e. The number of nitrogens with one attached hydrogen (secondary N) is 1. The van der Waals surface area contributed by atoms with E-state index in [2.05, 4.69) is 43.0 Å². The number of fused-ring (bicyclic) bond motifs is 1. The molecule has 1 amide bonds. The summed E-state index contributed by atoms with van der Waals surface area (Å²) in [6.45, 7) is 7.20. The number of hydrogen-bond acceptors (Lipinski definition) is 2. The summed E-state index contributed by atoms with van der Waals surface area (Å²) in [6, 6.07) is 2.45. The van der Waals surface area contributed by atoms with Gasteiger partial charge in [0.05, 0.1) is 9.58 Å². The van der Waals surface area contributed by atoms with E-state index < -0.39 is 0 Å². The lowest BCUT2D eigenvalue weighted by atomic mass is 10.3. The third kappa shape index (κ3) is 2.75. The Morgan fingerprint density at radius 1 is 1.44 bits per heavy atom. The van der Waals surface area contributed by atoms with Crippen LogP contribution < -0.4 is 5.32 Å². The zero-order chi connectivity index (χ0) is 13.1. The molecule has 1 N–H and O–H groups in total. The Labute approximate surface area is 112 Å². The molecule has 2 rings (SSSR count). The van der Waals surface area contributed by atoms with Crippen LogP contribution in [-0.2, 0) is 0 Å². The molecule has 0 bridgehead atoms. The quantitative estimate of drug-likeness (QED) is 0.819. The van der Waals surface area contributed by atoms with Gasteiger partial charge in [-0.15, -0.1) is 11.3 Å². The van der Waals surface area contributed by atoms with Gasteiger partial charge in [-0.1, -0.05) is 13.3 Å². The Kier molecular flexibility index (Phi) is 4.07. The Hall–Kier alpha value is -1.29. The molecule has 0 saturated carbocycles. The SMILES string of the molecule is CCCCNC(=O)c1cc2cn(C(C)C)cc2s1. The van der Waals surface area contributed by atoms with Crippen LogP contribution in [0, 0.1) is 0 Å². The topological polar surface area (TPSA) is 34.0 Å². The first-order valence-corrected chi connectivity index (χ1v) is 7.32. The molecule has 2 aromatic rings. The Morgan fingerprint density at radius 2 is 2.22 bits per heavy atom. The summed E-state index contributed by atoms with van der Waals surface area (Å²) in [5.41, 5.74) is 0. The maximum absolute atomic E-state index is 11.9. The summed E-state index contributed by atoms with van der Waals surface area (Å²) in [6.07, 6.45) is 6.37. The second-order valence-electron chi connectivity index (χ2n) is 4.84. The van der Waals surface area contributed by atoms with Crippen LogP contribution in [0.4, 0.5) is 0 Å². The van der Waals surface area contributed by atoms with Crippen molar-refractivity contribution >= 4 is 27.3 Å². The molecule has 0 aliphatic heterocycles. The predicted molar refractivity (Wildman–Crippen MR) is 77.4 cm³/mol. The first kappa shape index (κ1) is 13.1. The van der Waals surface area contributed by atoms with E-state index in [-0.39, 0.29) is 5.91 Å². The van der Waals surface area contributed by atoms with Gasteiger partial charge >= 0.3 is 0 Å². The van der Waals surface area contributed by atoms with Gasteiger partial charge in [-0.3, -0.25) is 4.79 Å². The molecule has 0 aromatic carbocycles. The molecule has 2 heterocycles. The average Bonchev–Trinajstić information content (AvgIpc) is 2.86. The molecule has 0 spiro atoms. The molecule has 0 atom stereocenters. The van der Waals surface area contributed by atoms with Crippen LogP contribution in [0.2, 0.25) is 0 Å². The van der Waals surface area contributed by atoms with Gasteiger partial charge < -0.3 is 9.88 Å². The summed E-state index contributed by atoms with van der Waals surface area (Å²) in [7, 11) is 0. The van der Waals surface area contributed by atoms with Crippen molar-refractivity contribution in [3.8, 4) is 0 Å². The Bertz CT molecular complexity index is 507. The van der Waals surface area contributed by atoms with Gasteiger partial charge in [0.15, 0.2) is 0 Å². The number of aromatic nitrogens is 1. The number of nitrogens with zero attached hydrogens (tertiary/aromatic N) is 1. The fourth-order valence-electron chi connectivity index (χ4n) is 1.83. The molecule has 0 radical (unpaired) electrons. The summed E-state index contributed by atoms with van der Waals surface area (Å²) in [5, 5.41) is 4.11. The molecule has 18 heavy (non-hydrogen) atoms. The summed E-state index contributed by atoms with van der Waals surface area (Å²) in [4.78, 5) is 12.7. The van der Waals surface area contributed by atoms with E-state index >= 15 is 0 Å². The van der Waals surface area contributed by atoms with Crippen molar-refractivity contribution in [1.29, 1.82) is 0 Å². The molecule has 0 aliphatic rings. The minimum absolute atomic E-state index is 0.0562. The van der Waals surface area contributed by atoms with Crippen LogP contribution in [0.25, 0.3) is 10.1 Å². The van der Waals surface area contributed by atoms with E-state index in [1.807, 2.05) is 6.07 Å². The van der Waals surface area contributed by atoms with Gasteiger partial charge in [-0.05, 0) is 26.3 Å². The monoisotopic (exact) mass is 264 g/mol. The summed E-state index contributed by atoms with van der Waals surface area (Å²) < 4.78 is 3.37. The van der Waals surface area contributed by atoms with Crippen molar-refractivity contribution in [2.24, 2.45) is 0 Å². The summed E-state index contributed by atoms with van der Waals surface area (Å²) >= 11 is 1.57. The maximum atomic E-state index is 11.9. The molecular weight excluding hydrogens is 244 g/mol. The number of hydrogen-bond donors (Lipinski definition) is 1. The van der Waals surface area contributed by atoms with Gasteiger partial charge in [0, 0.05) is 30.4 Å². The van der Waals surface area contributed by atoms with Crippen LogP contribution >= 0.6 is 11.3 Å².